The van der Waals surface area contributed by atoms with Gasteiger partial charge in [0.25, 0.3) is 5.91 Å². The molecule has 0 bridgehead atoms. The second-order valence-corrected chi connectivity index (χ2v) is 5.79. The van der Waals surface area contributed by atoms with E-state index in [2.05, 4.69) is 22.1 Å². The van der Waals surface area contributed by atoms with Crippen molar-refractivity contribution in [2.75, 3.05) is 19.8 Å². The van der Waals surface area contributed by atoms with Crippen LogP contribution in [0.3, 0.4) is 0 Å². The largest absolute Gasteiger partial charge is 0.379 e. The Morgan fingerprint density at radius 2 is 2.09 bits per heavy atom. The summed E-state index contributed by atoms with van der Waals surface area (Å²) in [5, 5.41) is 0. The van der Waals surface area contributed by atoms with Crippen molar-refractivity contribution in [3.63, 3.8) is 0 Å². The highest BCUT2D eigenvalue weighted by molar-refractivity contribution is 5.92. The molecule has 5 heteroatoms. The standard InChI is InChI=1S/C18H21N3O2/c1-14-11-20-17(12-19-14)18(22)21(16-8-10-23-13-16)9-7-15-5-3-2-4-6-15/h2-6,11-12,16H,7-10,13H2,1H3/t16-/m0/s1. The van der Waals surface area contributed by atoms with Gasteiger partial charge in [-0.15, -0.1) is 0 Å². The summed E-state index contributed by atoms with van der Waals surface area (Å²) in [7, 11) is 0. The zero-order valence-corrected chi connectivity index (χ0v) is 13.3. The quantitative estimate of drug-likeness (QED) is 0.850. The van der Waals surface area contributed by atoms with Crippen molar-refractivity contribution >= 4 is 5.91 Å². The molecule has 0 spiro atoms. The average molecular weight is 311 g/mol. The molecule has 0 unspecified atom stereocenters. The minimum Gasteiger partial charge on any atom is -0.379 e. The van der Waals surface area contributed by atoms with Crippen molar-refractivity contribution in [3.8, 4) is 0 Å². The van der Waals surface area contributed by atoms with Gasteiger partial charge in [-0.2, -0.15) is 0 Å². The van der Waals surface area contributed by atoms with Crippen LogP contribution in [0.2, 0.25) is 0 Å². The van der Waals surface area contributed by atoms with Crippen LogP contribution in [0.5, 0.6) is 0 Å². The van der Waals surface area contributed by atoms with Gasteiger partial charge in [0, 0.05) is 19.3 Å². The second-order valence-electron chi connectivity index (χ2n) is 5.79. The fourth-order valence-corrected chi connectivity index (χ4v) is 2.76. The van der Waals surface area contributed by atoms with Gasteiger partial charge in [0.1, 0.15) is 5.69 Å². The first-order valence-corrected chi connectivity index (χ1v) is 7.95. The Hall–Kier alpha value is -2.27. The van der Waals surface area contributed by atoms with Crippen LogP contribution in [0.15, 0.2) is 42.7 Å². The normalized spacial score (nSPS) is 17.2. The fourth-order valence-electron chi connectivity index (χ4n) is 2.76. The van der Waals surface area contributed by atoms with E-state index in [1.54, 1.807) is 12.4 Å². The zero-order valence-electron chi connectivity index (χ0n) is 13.3. The van der Waals surface area contributed by atoms with Crippen LogP contribution < -0.4 is 0 Å². The summed E-state index contributed by atoms with van der Waals surface area (Å²) in [5.74, 6) is -0.0658. The zero-order chi connectivity index (χ0) is 16.1. The number of aryl methyl sites for hydroxylation is 1. The van der Waals surface area contributed by atoms with Gasteiger partial charge in [-0.1, -0.05) is 30.3 Å². The van der Waals surface area contributed by atoms with E-state index < -0.39 is 0 Å². The molecule has 3 rings (SSSR count). The van der Waals surface area contributed by atoms with Crippen molar-refractivity contribution in [1.29, 1.82) is 0 Å². The summed E-state index contributed by atoms with van der Waals surface area (Å²) in [6.45, 7) is 3.82. The van der Waals surface area contributed by atoms with E-state index in [1.807, 2.05) is 30.0 Å². The maximum Gasteiger partial charge on any atom is 0.274 e. The van der Waals surface area contributed by atoms with Gasteiger partial charge in [0.2, 0.25) is 0 Å². The molecule has 0 saturated carbocycles. The van der Waals surface area contributed by atoms with Crippen molar-refractivity contribution < 1.29 is 9.53 Å². The maximum absolute atomic E-state index is 12.8. The van der Waals surface area contributed by atoms with Gasteiger partial charge in [-0.3, -0.25) is 9.78 Å². The third-order valence-electron chi connectivity index (χ3n) is 4.09. The van der Waals surface area contributed by atoms with Crippen molar-refractivity contribution in [1.82, 2.24) is 14.9 Å². The SMILES string of the molecule is Cc1cnc(C(=O)N(CCc2ccccc2)[C@H]2CCOC2)cn1. The molecule has 0 aliphatic carbocycles. The summed E-state index contributed by atoms with van der Waals surface area (Å²) >= 11 is 0. The molecule has 1 fully saturated rings. The van der Waals surface area contributed by atoms with Crippen LogP contribution in [-0.2, 0) is 11.2 Å². The van der Waals surface area contributed by atoms with Crippen LogP contribution in [-0.4, -0.2) is 46.6 Å². The van der Waals surface area contributed by atoms with Crippen molar-refractivity contribution in [2.45, 2.75) is 25.8 Å². The molecule has 0 radical (unpaired) electrons. The molecular weight excluding hydrogens is 290 g/mol. The first-order chi connectivity index (χ1) is 11.2. The van der Waals surface area contributed by atoms with Gasteiger partial charge in [-0.05, 0) is 25.3 Å². The number of carbonyl (C=O) groups is 1. The predicted molar refractivity (Wildman–Crippen MR) is 87.2 cm³/mol. The number of amides is 1. The molecule has 1 amide bonds. The third kappa shape index (κ3) is 3.93. The molecule has 1 atom stereocenters. The van der Waals surface area contributed by atoms with Crippen molar-refractivity contribution in [2.24, 2.45) is 0 Å². The van der Waals surface area contributed by atoms with Gasteiger partial charge < -0.3 is 9.64 Å². The highest BCUT2D eigenvalue weighted by Gasteiger charge is 2.28. The van der Waals surface area contributed by atoms with E-state index in [0.717, 1.165) is 18.5 Å². The average Bonchev–Trinajstić information content (AvgIpc) is 3.11. The molecule has 2 heterocycles. The van der Waals surface area contributed by atoms with E-state index in [1.165, 1.54) is 5.56 Å². The number of carbonyl (C=O) groups excluding carboxylic acids is 1. The molecule has 2 aromatic rings. The first-order valence-electron chi connectivity index (χ1n) is 7.95. The number of ether oxygens (including phenoxy) is 1. The minimum atomic E-state index is -0.0658. The molecule has 1 saturated heterocycles. The van der Waals surface area contributed by atoms with E-state index in [9.17, 15) is 4.79 Å². The Bertz CT molecular complexity index is 637. The van der Waals surface area contributed by atoms with Crippen LogP contribution >= 0.6 is 0 Å². The molecule has 120 valence electrons. The molecular formula is C18H21N3O2. The van der Waals surface area contributed by atoms with Gasteiger partial charge in [-0.25, -0.2) is 4.98 Å². The molecule has 5 nitrogen and oxygen atoms in total. The summed E-state index contributed by atoms with van der Waals surface area (Å²) in [6, 6.07) is 10.3. The van der Waals surface area contributed by atoms with Crippen molar-refractivity contribution in [3.05, 3.63) is 59.7 Å². The number of nitrogens with zero attached hydrogens (tertiary/aromatic N) is 3. The monoisotopic (exact) mass is 311 g/mol. The summed E-state index contributed by atoms with van der Waals surface area (Å²) < 4.78 is 5.47. The smallest absolute Gasteiger partial charge is 0.274 e. The number of hydrogen-bond acceptors (Lipinski definition) is 4. The lowest BCUT2D eigenvalue weighted by molar-refractivity contribution is 0.0650. The van der Waals surface area contributed by atoms with Crippen LogP contribution in [0.25, 0.3) is 0 Å². The first kappa shape index (κ1) is 15.6. The summed E-state index contributed by atoms with van der Waals surface area (Å²) in [5.41, 5.74) is 2.43. The molecule has 1 aromatic carbocycles. The van der Waals surface area contributed by atoms with E-state index in [0.29, 0.717) is 25.5 Å². The molecule has 1 aromatic heterocycles. The summed E-state index contributed by atoms with van der Waals surface area (Å²) in [4.78, 5) is 23.1. The molecule has 1 aliphatic rings. The number of aromatic nitrogens is 2. The van der Waals surface area contributed by atoms with Crippen LogP contribution in [0, 0.1) is 6.92 Å². The predicted octanol–water partition coefficient (Wildman–Crippen LogP) is 2.26. The fraction of sp³-hybridized carbons (Fsp3) is 0.389. The second kappa shape index (κ2) is 7.33. The Balaban J connectivity index is 1.74. The number of rotatable bonds is 5. The topological polar surface area (TPSA) is 55.3 Å². The molecule has 0 N–H and O–H groups in total. The Morgan fingerprint density at radius 3 is 2.74 bits per heavy atom. The summed E-state index contributed by atoms with van der Waals surface area (Å²) in [6.07, 6.45) is 4.89. The maximum atomic E-state index is 12.8. The highest BCUT2D eigenvalue weighted by atomic mass is 16.5. The third-order valence-corrected chi connectivity index (χ3v) is 4.09. The Morgan fingerprint density at radius 1 is 1.26 bits per heavy atom. The number of benzene rings is 1. The van der Waals surface area contributed by atoms with E-state index in [-0.39, 0.29) is 11.9 Å². The number of hydrogen-bond donors (Lipinski definition) is 0. The minimum absolute atomic E-state index is 0.0658. The lowest BCUT2D eigenvalue weighted by Gasteiger charge is -2.27. The van der Waals surface area contributed by atoms with Gasteiger partial charge >= 0.3 is 0 Å². The van der Waals surface area contributed by atoms with Gasteiger partial charge in [0.05, 0.1) is 24.5 Å². The lowest BCUT2D eigenvalue weighted by Crippen LogP contribution is -2.42. The van der Waals surface area contributed by atoms with Crippen LogP contribution in [0.1, 0.15) is 28.2 Å². The molecule has 23 heavy (non-hydrogen) atoms. The Labute approximate surface area is 136 Å². The van der Waals surface area contributed by atoms with E-state index in [4.69, 9.17) is 4.74 Å². The van der Waals surface area contributed by atoms with E-state index >= 15 is 0 Å². The van der Waals surface area contributed by atoms with Gasteiger partial charge in [0.15, 0.2) is 0 Å². The highest BCUT2D eigenvalue weighted by Crippen LogP contribution is 2.16. The molecule has 1 aliphatic heterocycles. The lowest BCUT2D eigenvalue weighted by atomic mass is 10.1. The Kier molecular flexibility index (Phi) is 4.98. The van der Waals surface area contributed by atoms with Crippen LogP contribution in [0.4, 0.5) is 0 Å².